The summed E-state index contributed by atoms with van der Waals surface area (Å²) in [7, 11) is 0. The smallest absolute Gasteiger partial charge is 0.352 e. The van der Waals surface area contributed by atoms with Crippen LogP contribution in [0, 0.1) is 0 Å². The lowest BCUT2D eigenvalue weighted by molar-refractivity contribution is -0.137. The first-order chi connectivity index (χ1) is 9.20. The zero-order valence-corrected chi connectivity index (χ0v) is 10.6. The minimum absolute atomic E-state index is 0.0759. The fourth-order valence-corrected chi connectivity index (χ4v) is 1.48. The summed E-state index contributed by atoms with van der Waals surface area (Å²) in [5, 5.41) is 4.57. The SMILES string of the molecule is C[C@H](NC(N)=O)C(=O)NCc1cccc(C(F)(F)F)c1. The molecule has 8 heteroatoms. The lowest BCUT2D eigenvalue weighted by Gasteiger charge is -2.13. The minimum atomic E-state index is -4.43. The van der Waals surface area contributed by atoms with Crippen molar-refractivity contribution in [3.05, 3.63) is 35.4 Å². The highest BCUT2D eigenvalue weighted by molar-refractivity contribution is 5.86. The number of rotatable bonds is 4. The molecule has 0 spiro atoms. The summed E-state index contributed by atoms with van der Waals surface area (Å²) in [6.45, 7) is 1.33. The van der Waals surface area contributed by atoms with Gasteiger partial charge in [-0.05, 0) is 24.6 Å². The molecule has 5 nitrogen and oxygen atoms in total. The summed E-state index contributed by atoms with van der Waals surface area (Å²) in [4.78, 5) is 22.1. The van der Waals surface area contributed by atoms with E-state index in [1.807, 2.05) is 0 Å². The van der Waals surface area contributed by atoms with Gasteiger partial charge in [0.05, 0.1) is 5.56 Å². The molecule has 0 radical (unpaired) electrons. The molecule has 110 valence electrons. The summed E-state index contributed by atoms with van der Waals surface area (Å²) in [6, 6.07) is 2.90. The van der Waals surface area contributed by atoms with Crippen molar-refractivity contribution in [3.63, 3.8) is 0 Å². The summed E-state index contributed by atoms with van der Waals surface area (Å²) in [5.41, 5.74) is 4.37. The van der Waals surface area contributed by atoms with Crippen LogP contribution < -0.4 is 16.4 Å². The Labute approximate surface area is 113 Å². The first-order valence-corrected chi connectivity index (χ1v) is 5.70. The maximum Gasteiger partial charge on any atom is 0.416 e. The van der Waals surface area contributed by atoms with Gasteiger partial charge in [0.1, 0.15) is 6.04 Å². The van der Waals surface area contributed by atoms with Crippen molar-refractivity contribution < 1.29 is 22.8 Å². The number of alkyl halides is 3. The Balaban J connectivity index is 2.62. The average molecular weight is 289 g/mol. The normalized spacial score (nSPS) is 12.6. The molecule has 0 saturated carbocycles. The molecule has 0 aliphatic rings. The minimum Gasteiger partial charge on any atom is -0.352 e. The maximum atomic E-state index is 12.5. The molecule has 0 unspecified atom stereocenters. The van der Waals surface area contributed by atoms with Gasteiger partial charge < -0.3 is 16.4 Å². The molecule has 0 aromatic heterocycles. The second-order valence-electron chi connectivity index (χ2n) is 4.15. The maximum absolute atomic E-state index is 12.5. The van der Waals surface area contributed by atoms with Crippen LogP contribution in [0.15, 0.2) is 24.3 Å². The van der Waals surface area contributed by atoms with E-state index in [1.165, 1.54) is 19.1 Å². The van der Waals surface area contributed by atoms with Crippen LogP contribution in [0.25, 0.3) is 0 Å². The van der Waals surface area contributed by atoms with Crippen molar-refractivity contribution in [2.45, 2.75) is 25.7 Å². The number of hydrogen-bond acceptors (Lipinski definition) is 2. The van der Waals surface area contributed by atoms with E-state index in [1.54, 1.807) is 0 Å². The van der Waals surface area contributed by atoms with Crippen LogP contribution in [-0.4, -0.2) is 18.0 Å². The van der Waals surface area contributed by atoms with E-state index in [0.29, 0.717) is 5.56 Å². The fourth-order valence-electron chi connectivity index (χ4n) is 1.48. The fraction of sp³-hybridized carbons (Fsp3) is 0.333. The number of carbonyl (C=O) groups excluding carboxylic acids is 2. The van der Waals surface area contributed by atoms with Gasteiger partial charge in [0.25, 0.3) is 0 Å². The Morgan fingerprint density at radius 1 is 1.35 bits per heavy atom. The number of amides is 3. The molecule has 0 fully saturated rings. The Morgan fingerprint density at radius 3 is 2.55 bits per heavy atom. The van der Waals surface area contributed by atoms with Crippen molar-refractivity contribution in [2.24, 2.45) is 5.73 Å². The highest BCUT2D eigenvalue weighted by atomic mass is 19.4. The molecule has 1 aromatic carbocycles. The Bertz CT molecular complexity index is 503. The van der Waals surface area contributed by atoms with E-state index in [-0.39, 0.29) is 6.54 Å². The van der Waals surface area contributed by atoms with Gasteiger partial charge in [0.2, 0.25) is 5.91 Å². The van der Waals surface area contributed by atoms with Gasteiger partial charge in [-0.15, -0.1) is 0 Å². The Hall–Kier alpha value is -2.25. The van der Waals surface area contributed by atoms with Gasteiger partial charge >= 0.3 is 12.2 Å². The van der Waals surface area contributed by atoms with Crippen LogP contribution in [0.3, 0.4) is 0 Å². The third-order valence-electron chi connectivity index (χ3n) is 2.47. The van der Waals surface area contributed by atoms with Crippen molar-refractivity contribution in [1.82, 2.24) is 10.6 Å². The number of nitrogens with two attached hydrogens (primary N) is 1. The zero-order chi connectivity index (χ0) is 15.3. The summed E-state index contributed by atoms with van der Waals surface area (Å²) >= 11 is 0. The third kappa shape index (κ3) is 4.79. The van der Waals surface area contributed by atoms with Crippen LogP contribution in [0.5, 0.6) is 0 Å². The Morgan fingerprint density at radius 2 is 2.00 bits per heavy atom. The number of hydrogen-bond donors (Lipinski definition) is 3. The molecule has 0 aliphatic heterocycles. The molecule has 0 saturated heterocycles. The molecule has 1 rings (SSSR count). The van der Waals surface area contributed by atoms with Gasteiger partial charge in [-0.1, -0.05) is 12.1 Å². The van der Waals surface area contributed by atoms with Crippen molar-refractivity contribution in [2.75, 3.05) is 0 Å². The van der Waals surface area contributed by atoms with Crippen LogP contribution in [-0.2, 0) is 17.5 Å². The number of nitrogens with one attached hydrogen (secondary N) is 2. The standard InChI is InChI=1S/C12H14F3N3O2/c1-7(18-11(16)20)10(19)17-6-8-3-2-4-9(5-8)12(13,14)15/h2-5,7H,6H2,1H3,(H,17,19)(H3,16,18,20)/t7-/m0/s1. The molecular weight excluding hydrogens is 275 g/mol. The predicted molar refractivity (Wildman–Crippen MR) is 65.5 cm³/mol. The molecule has 1 atom stereocenters. The quantitative estimate of drug-likeness (QED) is 0.782. The monoisotopic (exact) mass is 289 g/mol. The van der Waals surface area contributed by atoms with Gasteiger partial charge in [0, 0.05) is 6.54 Å². The van der Waals surface area contributed by atoms with Gasteiger partial charge in [0.15, 0.2) is 0 Å². The van der Waals surface area contributed by atoms with Gasteiger partial charge in [-0.2, -0.15) is 13.2 Å². The molecule has 3 amide bonds. The van der Waals surface area contributed by atoms with E-state index >= 15 is 0 Å². The summed E-state index contributed by atoms with van der Waals surface area (Å²) < 4.78 is 37.5. The van der Waals surface area contributed by atoms with Crippen molar-refractivity contribution in [3.8, 4) is 0 Å². The van der Waals surface area contributed by atoms with Crippen LogP contribution >= 0.6 is 0 Å². The summed E-state index contributed by atoms with van der Waals surface area (Å²) in [5.74, 6) is -0.541. The highest BCUT2D eigenvalue weighted by Gasteiger charge is 2.30. The topological polar surface area (TPSA) is 84.2 Å². The third-order valence-corrected chi connectivity index (χ3v) is 2.47. The highest BCUT2D eigenvalue weighted by Crippen LogP contribution is 2.29. The zero-order valence-electron chi connectivity index (χ0n) is 10.6. The lowest BCUT2D eigenvalue weighted by Crippen LogP contribution is -2.46. The number of benzene rings is 1. The second kappa shape index (κ2) is 6.27. The van der Waals surface area contributed by atoms with E-state index in [9.17, 15) is 22.8 Å². The first kappa shape index (κ1) is 15.8. The Kier molecular flexibility index (Phi) is 4.95. The first-order valence-electron chi connectivity index (χ1n) is 5.70. The summed E-state index contributed by atoms with van der Waals surface area (Å²) in [6.07, 6.45) is -4.43. The van der Waals surface area contributed by atoms with E-state index in [0.717, 1.165) is 12.1 Å². The average Bonchev–Trinajstić information content (AvgIpc) is 2.34. The predicted octanol–water partition coefficient (Wildman–Crippen LogP) is 1.38. The second-order valence-corrected chi connectivity index (χ2v) is 4.15. The molecule has 0 heterocycles. The van der Waals surface area contributed by atoms with Crippen molar-refractivity contribution in [1.29, 1.82) is 0 Å². The number of urea groups is 1. The number of primary amides is 1. The van der Waals surface area contributed by atoms with E-state index in [2.05, 4.69) is 10.6 Å². The molecule has 0 bridgehead atoms. The molecule has 1 aromatic rings. The molecule has 20 heavy (non-hydrogen) atoms. The van der Waals surface area contributed by atoms with Crippen LogP contribution in [0.1, 0.15) is 18.1 Å². The molecule has 0 aliphatic carbocycles. The lowest BCUT2D eigenvalue weighted by atomic mass is 10.1. The van der Waals surface area contributed by atoms with Crippen molar-refractivity contribution >= 4 is 11.9 Å². The number of halogens is 3. The van der Waals surface area contributed by atoms with Crippen LogP contribution in [0.4, 0.5) is 18.0 Å². The molecular formula is C12H14F3N3O2. The van der Waals surface area contributed by atoms with Gasteiger partial charge in [-0.3, -0.25) is 4.79 Å². The van der Waals surface area contributed by atoms with Gasteiger partial charge in [-0.25, -0.2) is 4.79 Å². The van der Waals surface area contributed by atoms with E-state index < -0.39 is 29.7 Å². The number of carbonyl (C=O) groups is 2. The van der Waals surface area contributed by atoms with E-state index in [4.69, 9.17) is 5.73 Å². The largest absolute Gasteiger partial charge is 0.416 e. The molecule has 4 N–H and O–H groups in total. The van der Waals surface area contributed by atoms with Crippen LogP contribution in [0.2, 0.25) is 0 Å².